The van der Waals surface area contributed by atoms with Gasteiger partial charge in [-0.25, -0.2) is 4.39 Å². The highest BCUT2D eigenvalue weighted by Gasteiger charge is 2.27. The van der Waals surface area contributed by atoms with E-state index >= 15 is 0 Å². The van der Waals surface area contributed by atoms with Crippen molar-refractivity contribution in [3.63, 3.8) is 0 Å². The molecule has 2 N–H and O–H groups in total. The zero-order valence-corrected chi connectivity index (χ0v) is 9.17. The molecule has 1 aliphatic rings. The first-order chi connectivity index (χ1) is 7.15. The molecular formula is C13H18FN. The third-order valence-corrected chi connectivity index (χ3v) is 3.10. The number of hydrogen-bond donors (Lipinski definition) is 1. The molecule has 0 bridgehead atoms. The molecule has 82 valence electrons. The molecule has 2 heteroatoms. The Kier molecular flexibility index (Phi) is 3.06. The number of aryl methyl sites for hydroxylation is 2. The molecule has 1 fully saturated rings. The lowest BCUT2D eigenvalue weighted by atomic mass is 10.0. The predicted molar refractivity (Wildman–Crippen MR) is 60.2 cm³/mol. The van der Waals surface area contributed by atoms with Gasteiger partial charge in [0, 0.05) is 6.04 Å². The minimum Gasteiger partial charge on any atom is -0.327 e. The van der Waals surface area contributed by atoms with Crippen molar-refractivity contribution in [1.82, 2.24) is 0 Å². The molecule has 0 aliphatic heterocycles. The van der Waals surface area contributed by atoms with Crippen molar-refractivity contribution in [2.45, 2.75) is 38.6 Å². The van der Waals surface area contributed by atoms with Crippen molar-refractivity contribution in [1.29, 1.82) is 0 Å². The standard InChI is InChI=1S/C13H18FN/c1-9-6-10(8-12(14)7-9)2-5-13(15)11-3-4-11/h6-8,11,13H,2-5,15H2,1H3. The lowest BCUT2D eigenvalue weighted by Crippen LogP contribution is -2.22. The molecule has 0 radical (unpaired) electrons. The van der Waals surface area contributed by atoms with Crippen molar-refractivity contribution in [3.8, 4) is 0 Å². The maximum atomic E-state index is 13.1. The van der Waals surface area contributed by atoms with Gasteiger partial charge in [0.1, 0.15) is 5.82 Å². The number of benzene rings is 1. The van der Waals surface area contributed by atoms with Crippen LogP contribution >= 0.6 is 0 Å². The van der Waals surface area contributed by atoms with E-state index < -0.39 is 0 Å². The summed E-state index contributed by atoms with van der Waals surface area (Å²) < 4.78 is 13.1. The normalized spacial score (nSPS) is 17.8. The summed E-state index contributed by atoms with van der Waals surface area (Å²) >= 11 is 0. The molecule has 1 aromatic carbocycles. The minimum atomic E-state index is -0.134. The lowest BCUT2D eigenvalue weighted by molar-refractivity contribution is 0.548. The molecule has 1 aromatic rings. The Balaban J connectivity index is 1.91. The topological polar surface area (TPSA) is 26.0 Å². The third-order valence-electron chi connectivity index (χ3n) is 3.10. The molecule has 0 saturated heterocycles. The Morgan fingerprint density at radius 3 is 2.73 bits per heavy atom. The highest BCUT2D eigenvalue weighted by Crippen LogP contribution is 2.33. The van der Waals surface area contributed by atoms with Gasteiger partial charge >= 0.3 is 0 Å². The number of hydrogen-bond acceptors (Lipinski definition) is 1. The molecule has 1 saturated carbocycles. The summed E-state index contributed by atoms with van der Waals surface area (Å²) in [7, 11) is 0. The van der Waals surface area contributed by atoms with Crippen LogP contribution in [0.25, 0.3) is 0 Å². The average Bonchev–Trinajstić information content (AvgIpc) is 2.95. The van der Waals surface area contributed by atoms with Crippen LogP contribution in [0, 0.1) is 18.7 Å². The Morgan fingerprint density at radius 2 is 2.13 bits per heavy atom. The fourth-order valence-corrected chi connectivity index (χ4v) is 2.05. The van der Waals surface area contributed by atoms with E-state index in [9.17, 15) is 4.39 Å². The van der Waals surface area contributed by atoms with Crippen LogP contribution in [0.4, 0.5) is 4.39 Å². The Hall–Kier alpha value is -0.890. The number of halogens is 1. The van der Waals surface area contributed by atoms with E-state index in [1.54, 1.807) is 12.1 Å². The molecule has 1 nitrogen and oxygen atoms in total. The first-order valence-electron chi connectivity index (χ1n) is 5.67. The van der Waals surface area contributed by atoms with E-state index in [-0.39, 0.29) is 5.82 Å². The first kappa shape index (κ1) is 10.6. The van der Waals surface area contributed by atoms with Gasteiger partial charge in [-0.2, -0.15) is 0 Å². The van der Waals surface area contributed by atoms with Gasteiger partial charge in [0.2, 0.25) is 0 Å². The SMILES string of the molecule is Cc1cc(F)cc(CCC(N)C2CC2)c1. The van der Waals surface area contributed by atoms with E-state index in [2.05, 4.69) is 0 Å². The van der Waals surface area contributed by atoms with E-state index in [0.717, 1.165) is 29.9 Å². The average molecular weight is 207 g/mol. The van der Waals surface area contributed by atoms with Crippen molar-refractivity contribution in [2.24, 2.45) is 11.7 Å². The highest BCUT2D eigenvalue weighted by molar-refractivity contribution is 5.23. The second-order valence-corrected chi connectivity index (χ2v) is 4.68. The van der Waals surface area contributed by atoms with Crippen LogP contribution < -0.4 is 5.73 Å². The first-order valence-corrected chi connectivity index (χ1v) is 5.67. The van der Waals surface area contributed by atoms with Gasteiger partial charge < -0.3 is 5.73 Å². The monoisotopic (exact) mass is 207 g/mol. The third kappa shape index (κ3) is 3.03. The van der Waals surface area contributed by atoms with Crippen LogP contribution in [0.2, 0.25) is 0 Å². The number of rotatable bonds is 4. The summed E-state index contributed by atoms with van der Waals surface area (Å²) in [6.07, 6.45) is 4.44. The van der Waals surface area contributed by atoms with Crippen LogP contribution in [0.3, 0.4) is 0 Å². The highest BCUT2D eigenvalue weighted by atomic mass is 19.1. The maximum absolute atomic E-state index is 13.1. The fourth-order valence-electron chi connectivity index (χ4n) is 2.05. The largest absolute Gasteiger partial charge is 0.327 e. The van der Waals surface area contributed by atoms with Gasteiger partial charge in [0.25, 0.3) is 0 Å². The molecule has 1 unspecified atom stereocenters. The molecule has 0 heterocycles. The summed E-state index contributed by atoms with van der Waals surface area (Å²) in [6, 6.07) is 5.54. The molecule has 0 spiro atoms. The van der Waals surface area contributed by atoms with E-state index in [1.165, 1.54) is 12.8 Å². The Bertz CT molecular complexity index is 324. The van der Waals surface area contributed by atoms with Crippen LogP contribution in [-0.2, 0) is 6.42 Å². The van der Waals surface area contributed by atoms with Gasteiger partial charge in [0.15, 0.2) is 0 Å². The van der Waals surface area contributed by atoms with Crippen LogP contribution in [0.1, 0.15) is 30.4 Å². The molecule has 1 atom stereocenters. The summed E-state index contributed by atoms with van der Waals surface area (Å²) in [5.41, 5.74) is 8.07. The molecular weight excluding hydrogens is 189 g/mol. The Labute approximate surface area is 90.5 Å². The van der Waals surface area contributed by atoms with Crippen molar-refractivity contribution in [2.75, 3.05) is 0 Å². The van der Waals surface area contributed by atoms with Crippen molar-refractivity contribution >= 4 is 0 Å². The maximum Gasteiger partial charge on any atom is 0.123 e. The quantitative estimate of drug-likeness (QED) is 0.807. The molecule has 2 rings (SSSR count). The fraction of sp³-hybridized carbons (Fsp3) is 0.538. The summed E-state index contributed by atoms with van der Waals surface area (Å²) in [6.45, 7) is 1.92. The predicted octanol–water partition coefficient (Wildman–Crippen LogP) is 2.80. The van der Waals surface area contributed by atoms with E-state index in [1.807, 2.05) is 13.0 Å². The lowest BCUT2D eigenvalue weighted by Gasteiger charge is -2.10. The van der Waals surface area contributed by atoms with Crippen LogP contribution in [0.5, 0.6) is 0 Å². The van der Waals surface area contributed by atoms with Gasteiger partial charge in [-0.3, -0.25) is 0 Å². The zero-order chi connectivity index (χ0) is 10.8. The van der Waals surface area contributed by atoms with Crippen LogP contribution in [-0.4, -0.2) is 6.04 Å². The molecule has 15 heavy (non-hydrogen) atoms. The van der Waals surface area contributed by atoms with E-state index in [4.69, 9.17) is 5.73 Å². The molecule has 0 amide bonds. The van der Waals surface area contributed by atoms with Gasteiger partial charge in [0.05, 0.1) is 0 Å². The van der Waals surface area contributed by atoms with Gasteiger partial charge in [-0.1, -0.05) is 6.07 Å². The summed E-state index contributed by atoms with van der Waals surface area (Å²) in [5.74, 6) is 0.602. The van der Waals surface area contributed by atoms with Crippen LogP contribution in [0.15, 0.2) is 18.2 Å². The van der Waals surface area contributed by atoms with Gasteiger partial charge in [-0.05, 0) is 61.8 Å². The molecule has 0 aromatic heterocycles. The second kappa shape index (κ2) is 4.31. The smallest absolute Gasteiger partial charge is 0.123 e. The number of nitrogens with two attached hydrogens (primary N) is 1. The summed E-state index contributed by atoms with van der Waals surface area (Å²) in [4.78, 5) is 0. The van der Waals surface area contributed by atoms with Crippen molar-refractivity contribution in [3.05, 3.63) is 35.1 Å². The summed E-state index contributed by atoms with van der Waals surface area (Å²) in [5, 5.41) is 0. The van der Waals surface area contributed by atoms with Crippen molar-refractivity contribution < 1.29 is 4.39 Å². The zero-order valence-electron chi connectivity index (χ0n) is 9.17. The Morgan fingerprint density at radius 1 is 1.40 bits per heavy atom. The van der Waals surface area contributed by atoms with E-state index in [0.29, 0.717) is 6.04 Å². The second-order valence-electron chi connectivity index (χ2n) is 4.68. The minimum absolute atomic E-state index is 0.134. The van der Waals surface area contributed by atoms with Gasteiger partial charge in [-0.15, -0.1) is 0 Å². The molecule has 1 aliphatic carbocycles.